The van der Waals surface area contributed by atoms with Crippen molar-refractivity contribution >= 4 is 47.4 Å². The van der Waals surface area contributed by atoms with Crippen LogP contribution in [-0.4, -0.2) is 64.2 Å². The highest BCUT2D eigenvalue weighted by molar-refractivity contribution is 7.99. The van der Waals surface area contributed by atoms with E-state index in [2.05, 4.69) is 22.2 Å². The van der Waals surface area contributed by atoms with Crippen LogP contribution in [0.1, 0.15) is 51.5 Å². The Bertz CT molecular complexity index is 1210. The summed E-state index contributed by atoms with van der Waals surface area (Å²) in [6, 6.07) is 16.3. The first-order chi connectivity index (χ1) is 20.3. The quantitative estimate of drug-likeness (QED) is 0.262. The van der Waals surface area contributed by atoms with Crippen LogP contribution in [-0.2, 0) is 30.3 Å². The highest BCUT2D eigenvalue weighted by Crippen LogP contribution is 2.34. The van der Waals surface area contributed by atoms with Crippen molar-refractivity contribution in [1.82, 2.24) is 14.9 Å². The Hall–Kier alpha value is -3.18. The minimum atomic E-state index is -0.776. The minimum absolute atomic E-state index is 0.193. The Morgan fingerprint density at radius 2 is 1.69 bits per heavy atom. The van der Waals surface area contributed by atoms with E-state index in [4.69, 9.17) is 9.47 Å². The smallest absolute Gasteiger partial charge is 0.303 e. The number of rotatable bonds is 12. The molecule has 2 aromatic rings. The molecule has 0 aromatic heterocycles. The normalized spacial score (nSPS) is 18.5. The van der Waals surface area contributed by atoms with Crippen molar-refractivity contribution in [1.29, 1.82) is 0 Å². The summed E-state index contributed by atoms with van der Waals surface area (Å²) >= 11 is 2.88. The van der Waals surface area contributed by atoms with Crippen molar-refractivity contribution in [2.24, 2.45) is 5.92 Å². The van der Waals surface area contributed by atoms with Gasteiger partial charge in [-0.3, -0.25) is 23.9 Å². The minimum Gasteiger partial charge on any atom is -0.457 e. The number of nitrogens with zero attached hydrogens (tertiary/aromatic N) is 1. The van der Waals surface area contributed by atoms with Crippen LogP contribution in [0.2, 0.25) is 0 Å². The monoisotopic (exact) mass is 613 g/mol. The van der Waals surface area contributed by atoms with Crippen molar-refractivity contribution in [3.05, 3.63) is 60.2 Å². The van der Waals surface area contributed by atoms with E-state index in [1.165, 1.54) is 60.4 Å². The molecule has 2 N–H and O–H groups in total. The predicted octanol–water partition coefficient (Wildman–Crippen LogP) is 4.70. The number of nitrogens with one attached hydrogen (secondary N) is 2. The molecule has 1 saturated heterocycles. The third-order valence-electron chi connectivity index (χ3n) is 7.48. The summed E-state index contributed by atoms with van der Waals surface area (Å²) in [5.41, 5.74) is 1.17. The molecule has 1 aliphatic heterocycles. The van der Waals surface area contributed by atoms with E-state index in [1.54, 1.807) is 6.92 Å². The number of carbonyl (C=O) groups excluding carboxylic acids is 4. The molecule has 2 aromatic carbocycles. The van der Waals surface area contributed by atoms with Crippen molar-refractivity contribution < 1.29 is 28.7 Å². The van der Waals surface area contributed by atoms with Gasteiger partial charge in [-0.2, -0.15) is 0 Å². The maximum Gasteiger partial charge on any atom is 0.303 e. The van der Waals surface area contributed by atoms with Crippen LogP contribution in [0.25, 0.3) is 0 Å². The second-order valence-electron chi connectivity index (χ2n) is 10.7. The maximum atomic E-state index is 13.0. The summed E-state index contributed by atoms with van der Waals surface area (Å²) in [7, 11) is 0. The third kappa shape index (κ3) is 9.42. The van der Waals surface area contributed by atoms with Gasteiger partial charge in [-0.25, -0.2) is 0 Å². The Kier molecular flexibility index (Phi) is 12.0. The first-order valence-electron chi connectivity index (χ1n) is 14.4. The molecular formula is C31H39N3O6S2. The summed E-state index contributed by atoms with van der Waals surface area (Å²) in [6.07, 6.45) is 6.70. The SMILES string of the molecule is CC(=O)OCC(=O)N1CSC[C@H]1C(=O)N[C@H](C)C(=O)NSC(Cc1ccc(Oc2ccccc2)cc1)C1CCCCC1. The molecular weight excluding hydrogens is 574 g/mol. The third-order valence-corrected chi connectivity index (χ3v) is 9.67. The van der Waals surface area contributed by atoms with Crippen molar-refractivity contribution in [2.45, 2.75) is 69.7 Å². The van der Waals surface area contributed by atoms with E-state index in [1.807, 2.05) is 42.5 Å². The molecule has 4 rings (SSSR count). The molecule has 42 heavy (non-hydrogen) atoms. The van der Waals surface area contributed by atoms with Crippen LogP contribution in [0.3, 0.4) is 0 Å². The Morgan fingerprint density at radius 1 is 1.00 bits per heavy atom. The van der Waals surface area contributed by atoms with Gasteiger partial charge in [0.1, 0.15) is 23.6 Å². The van der Waals surface area contributed by atoms with Gasteiger partial charge in [-0.15, -0.1) is 11.8 Å². The van der Waals surface area contributed by atoms with Crippen LogP contribution >= 0.6 is 23.7 Å². The topological polar surface area (TPSA) is 114 Å². The zero-order valence-corrected chi connectivity index (χ0v) is 25.7. The van der Waals surface area contributed by atoms with Gasteiger partial charge in [-0.1, -0.05) is 49.6 Å². The number of amides is 3. The highest BCUT2D eigenvalue weighted by Gasteiger charge is 2.36. The van der Waals surface area contributed by atoms with E-state index >= 15 is 0 Å². The Morgan fingerprint density at radius 3 is 2.38 bits per heavy atom. The number of para-hydroxylation sites is 1. The van der Waals surface area contributed by atoms with Crippen LogP contribution in [0.5, 0.6) is 11.5 Å². The van der Waals surface area contributed by atoms with Crippen molar-refractivity contribution in [3.8, 4) is 11.5 Å². The van der Waals surface area contributed by atoms with E-state index in [0.717, 1.165) is 30.8 Å². The van der Waals surface area contributed by atoms with Gasteiger partial charge in [0.25, 0.3) is 11.8 Å². The van der Waals surface area contributed by atoms with Crippen molar-refractivity contribution in [2.75, 3.05) is 18.2 Å². The lowest BCUT2D eigenvalue weighted by Crippen LogP contribution is -2.53. The first kappa shape index (κ1) is 31.7. The predicted molar refractivity (Wildman–Crippen MR) is 165 cm³/mol. The second-order valence-corrected chi connectivity index (χ2v) is 12.7. The summed E-state index contributed by atoms with van der Waals surface area (Å²) in [4.78, 5) is 50.9. The van der Waals surface area contributed by atoms with Crippen molar-refractivity contribution in [3.63, 3.8) is 0 Å². The van der Waals surface area contributed by atoms with Crippen LogP contribution in [0, 0.1) is 5.92 Å². The number of hydrogen-bond acceptors (Lipinski definition) is 8. The highest BCUT2D eigenvalue weighted by atomic mass is 32.2. The van der Waals surface area contributed by atoms with E-state index in [0.29, 0.717) is 17.5 Å². The van der Waals surface area contributed by atoms with Crippen LogP contribution in [0.15, 0.2) is 54.6 Å². The van der Waals surface area contributed by atoms with E-state index < -0.39 is 36.5 Å². The molecule has 3 atom stereocenters. The average Bonchev–Trinajstić information content (AvgIpc) is 3.50. The largest absolute Gasteiger partial charge is 0.457 e. The van der Waals surface area contributed by atoms with Crippen LogP contribution in [0.4, 0.5) is 0 Å². The zero-order chi connectivity index (χ0) is 29.9. The standard InChI is InChI=1S/C31H39N3O6S2/c1-21(32-31(38)27-19-41-20-34(27)29(36)18-39-22(2)35)30(37)33-42-28(24-9-5-3-6-10-24)17-23-13-15-26(16-14-23)40-25-11-7-4-8-12-25/h4,7-8,11-16,21,24,27-28H,3,5-6,9-10,17-20H2,1-2H3,(H,32,38)(H,33,37)/t21-,27+,28?/m1/s1. The molecule has 0 spiro atoms. The molecule has 1 heterocycles. The zero-order valence-electron chi connectivity index (χ0n) is 24.1. The number of thioether (sulfide) groups is 1. The number of benzene rings is 2. The second kappa shape index (κ2) is 15.9. The number of esters is 1. The van der Waals surface area contributed by atoms with E-state index in [9.17, 15) is 19.2 Å². The lowest BCUT2D eigenvalue weighted by Gasteiger charge is -2.30. The molecule has 226 valence electrons. The van der Waals surface area contributed by atoms with Gasteiger partial charge in [0.05, 0.1) is 5.88 Å². The van der Waals surface area contributed by atoms with Gasteiger partial charge < -0.3 is 19.7 Å². The molecule has 1 unspecified atom stereocenters. The fourth-order valence-corrected chi connectivity index (χ4v) is 7.48. The fraction of sp³-hybridized carbons (Fsp3) is 0.484. The Labute approximate surface area is 256 Å². The Balaban J connectivity index is 1.31. The van der Waals surface area contributed by atoms with E-state index in [-0.39, 0.29) is 11.2 Å². The summed E-state index contributed by atoms with van der Waals surface area (Å²) < 4.78 is 13.7. The van der Waals surface area contributed by atoms with Gasteiger partial charge in [0, 0.05) is 17.9 Å². The molecule has 9 nitrogen and oxygen atoms in total. The summed E-state index contributed by atoms with van der Waals surface area (Å²) in [6.45, 7) is 2.46. The van der Waals surface area contributed by atoms with Gasteiger partial charge in [0.2, 0.25) is 5.91 Å². The average molecular weight is 614 g/mol. The molecule has 3 amide bonds. The molecule has 1 aliphatic carbocycles. The molecule has 1 saturated carbocycles. The lowest BCUT2D eigenvalue weighted by atomic mass is 9.85. The summed E-state index contributed by atoms with van der Waals surface area (Å²) in [5, 5.41) is 2.95. The van der Waals surface area contributed by atoms with Gasteiger partial charge in [0.15, 0.2) is 6.61 Å². The molecule has 11 heteroatoms. The van der Waals surface area contributed by atoms with Gasteiger partial charge >= 0.3 is 5.97 Å². The number of ether oxygens (including phenoxy) is 2. The summed E-state index contributed by atoms with van der Waals surface area (Å²) in [5.74, 6) is 1.13. The lowest BCUT2D eigenvalue weighted by molar-refractivity contribution is -0.151. The fourth-order valence-electron chi connectivity index (χ4n) is 5.11. The van der Waals surface area contributed by atoms with Crippen LogP contribution < -0.4 is 14.8 Å². The maximum absolute atomic E-state index is 13.0. The molecule has 2 fully saturated rings. The number of carbonyl (C=O) groups is 4. The van der Waals surface area contributed by atoms with Gasteiger partial charge in [-0.05, 0) is 73.9 Å². The molecule has 0 radical (unpaired) electrons. The first-order valence-corrected chi connectivity index (χ1v) is 16.4. The number of hydrogen-bond donors (Lipinski definition) is 2. The molecule has 2 aliphatic rings. The molecule has 0 bridgehead atoms.